The highest BCUT2D eigenvalue weighted by Crippen LogP contribution is 2.36. The van der Waals surface area contributed by atoms with Gasteiger partial charge in [-0.1, -0.05) is 67.6 Å². The Balaban J connectivity index is 1.31. The Morgan fingerprint density at radius 1 is 0.967 bits per heavy atom. The molecule has 2 fully saturated rings. The number of Topliss-reactive ketones (excluding diaryl/α,β-unsaturated/α-hetero) is 2. The lowest BCUT2D eigenvalue weighted by Crippen LogP contribution is -2.53. The molecule has 16 heteroatoms. The summed E-state index contributed by atoms with van der Waals surface area (Å²) in [6.07, 6.45) is 7.82. The number of carbonyl (C=O) groups is 6. The summed E-state index contributed by atoms with van der Waals surface area (Å²) in [6.45, 7) is 3.56. The van der Waals surface area contributed by atoms with Crippen molar-refractivity contribution in [2.45, 2.75) is 121 Å². The fourth-order valence-electron chi connectivity index (χ4n) is 8.21. The fraction of sp³-hybridized carbons (Fsp3) is 0.545. The quantitative estimate of drug-likeness (QED) is 0.0663. The van der Waals surface area contributed by atoms with Crippen molar-refractivity contribution in [1.82, 2.24) is 30.5 Å². The number of nitrogens with zero attached hydrogens (tertiary/aromatic N) is 4. The number of benzene rings is 2. The second-order valence-corrected chi connectivity index (χ2v) is 16.4. The lowest BCUT2D eigenvalue weighted by Gasteiger charge is -2.32. The minimum absolute atomic E-state index is 0.0437. The van der Waals surface area contributed by atoms with Gasteiger partial charge in [0.2, 0.25) is 17.6 Å². The van der Waals surface area contributed by atoms with Gasteiger partial charge in [-0.25, -0.2) is 9.48 Å². The molecule has 4 atom stereocenters. The van der Waals surface area contributed by atoms with Crippen molar-refractivity contribution in [2.75, 3.05) is 20.2 Å². The summed E-state index contributed by atoms with van der Waals surface area (Å²) >= 11 is 0. The maximum absolute atomic E-state index is 14.9. The van der Waals surface area contributed by atoms with Crippen LogP contribution in [0.2, 0.25) is 0 Å². The van der Waals surface area contributed by atoms with Crippen LogP contribution in [0.15, 0.2) is 60.8 Å². The predicted octanol–water partition coefficient (Wildman–Crippen LogP) is 4.54. The van der Waals surface area contributed by atoms with Gasteiger partial charge < -0.3 is 35.8 Å². The largest absolute Gasteiger partial charge is 0.497 e. The molecule has 2 aromatic carbocycles. The molecular weight excluding hydrogens is 771 g/mol. The first-order valence-electron chi connectivity index (χ1n) is 20.9. The number of ether oxygens (including phenoxy) is 2. The molecule has 16 nitrogen and oxygen atoms in total. The second-order valence-electron chi connectivity index (χ2n) is 16.4. The highest BCUT2D eigenvalue weighted by Gasteiger charge is 2.45. The lowest BCUT2D eigenvalue weighted by molar-refractivity contribution is -0.143. The molecule has 2 heterocycles. The maximum atomic E-state index is 14.9. The molecule has 1 saturated carbocycles. The van der Waals surface area contributed by atoms with Crippen LogP contribution < -0.4 is 21.1 Å². The highest BCUT2D eigenvalue weighted by molar-refractivity contribution is 6.37. The van der Waals surface area contributed by atoms with Crippen LogP contribution in [0.4, 0.5) is 4.79 Å². The molecule has 3 aromatic rings. The molecule has 1 saturated heterocycles. The average molecular weight is 830 g/mol. The molecule has 0 radical (unpaired) electrons. The van der Waals surface area contributed by atoms with E-state index < -0.39 is 53.3 Å². The van der Waals surface area contributed by atoms with E-state index >= 15 is 0 Å². The van der Waals surface area contributed by atoms with E-state index in [2.05, 4.69) is 20.9 Å². The van der Waals surface area contributed by atoms with E-state index in [1.165, 1.54) is 15.8 Å². The van der Waals surface area contributed by atoms with E-state index in [9.17, 15) is 33.9 Å². The Morgan fingerprint density at radius 3 is 2.35 bits per heavy atom. The molecule has 0 bridgehead atoms. The third-order valence-electron chi connectivity index (χ3n) is 11.5. The van der Waals surface area contributed by atoms with E-state index in [1.807, 2.05) is 30.3 Å². The molecule has 5 rings (SSSR count). The van der Waals surface area contributed by atoms with Gasteiger partial charge in [-0.05, 0) is 81.7 Å². The molecule has 1 aliphatic heterocycles. The number of ketones is 2. The van der Waals surface area contributed by atoms with E-state index in [1.54, 1.807) is 45.2 Å². The number of nitrogens with two attached hydrogens (primary N) is 1. The minimum Gasteiger partial charge on any atom is -0.497 e. The normalized spacial score (nSPS) is 18.0. The average Bonchev–Trinajstić information content (AvgIpc) is 3.93. The molecule has 2 aliphatic rings. The van der Waals surface area contributed by atoms with E-state index in [-0.39, 0.29) is 63.0 Å². The van der Waals surface area contributed by atoms with Crippen LogP contribution in [0.25, 0.3) is 0 Å². The van der Waals surface area contributed by atoms with Crippen LogP contribution in [0.1, 0.15) is 119 Å². The van der Waals surface area contributed by atoms with Crippen LogP contribution in [0, 0.1) is 11.8 Å². The van der Waals surface area contributed by atoms with Crippen LogP contribution in [-0.2, 0) is 36.1 Å². The molecule has 4 amide bonds. The van der Waals surface area contributed by atoms with Crippen LogP contribution >= 0.6 is 0 Å². The smallest absolute Gasteiger partial charge is 0.407 e. The number of methoxy groups -OCH3 is 1. The number of hydrogen-bond acceptors (Lipinski definition) is 11. The summed E-state index contributed by atoms with van der Waals surface area (Å²) in [6, 6.07) is 13.1. The van der Waals surface area contributed by atoms with Crippen molar-refractivity contribution >= 4 is 35.4 Å². The van der Waals surface area contributed by atoms with Crippen molar-refractivity contribution in [3.63, 3.8) is 0 Å². The zero-order chi connectivity index (χ0) is 43.2. The summed E-state index contributed by atoms with van der Waals surface area (Å²) in [5.41, 5.74) is 5.83. The SMILES string of the molecule is COc1ccc(C(=O)CC[C@H](CC2CCCCC2)C(=O)N2C[C@@H](n3nncc3C(C)(C)O)C[C@H]2C(=O)NC(CCCCNC(=O)OCc2ccccc2)C(=O)C(N)=O)cc1. The van der Waals surface area contributed by atoms with Crippen LogP contribution in [0.5, 0.6) is 5.75 Å². The summed E-state index contributed by atoms with van der Waals surface area (Å²) < 4.78 is 12.0. The van der Waals surface area contributed by atoms with Crippen molar-refractivity contribution in [2.24, 2.45) is 17.6 Å². The summed E-state index contributed by atoms with van der Waals surface area (Å²) in [7, 11) is 1.55. The second kappa shape index (κ2) is 21.6. The molecule has 1 aliphatic carbocycles. The number of aromatic nitrogens is 3. The van der Waals surface area contributed by atoms with Gasteiger partial charge in [0.05, 0.1) is 31.1 Å². The third-order valence-corrected chi connectivity index (χ3v) is 11.5. The molecule has 324 valence electrons. The van der Waals surface area contributed by atoms with E-state index in [0.717, 1.165) is 37.7 Å². The number of carbonyl (C=O) groups excluding carboxylic acids is 6. The Hall–Kier alpha value is -5.64. The summed E-state index contributed by atoms with van der Waals surface area (Å²) in [5.74, 6) is -2.93. The first kappa shape index (κ1) is 45.4. The van der Waals surface area contributed by atoms with Crippen molar-refractivity contribution in [1.29, 1.82) is 0 Å². The van der Waals surface area contributed by atoms with Crippen molar-refractivity contribution < 1.29 is 43.3 Å². The standard InChI is InChI=1S/C44H59N7O9/c1-44(2,58)38-26-47-49-51(38)33-25-36(41(55)48-35(39(53)40(45)54)16-10-11-23-46-43(57)60-28-30-14-8-5-9-15-30)50(27-33)42(56)32(24-29-12-6-4-7-13-29)19-22-37(52)31-17-20-34(59-3)21-18-31/h5,8-9,14-15,17-18,20-21,26,29,32-33,35-36,58H,4,6-7,10-13,16,19,22-25,27-28H2,1-3H3,(H2,45,54)(H,46,57)(H,48,55)/t32-,33+,35?,36+/m1/s1. The van der Waals surface area contributed by atoms with Crippen molar-refractivity contribution in [3.8, 4) is 5.75 Å². The number of likely N-dealkylation sites (tertiary alicyclic amines) is 1. The number of primary amides is 1. The van der Waals surface area contributed by atoms with Gasteiger partial charge in [0.1, 0.15) is 24.0 Å². The molecule has 0 spiro atoms. The molecule has 1 unspecified atom stereocenters. The van der Waals surface area contributed by atoms with Crippen molar-refractivity contribution in [3.05, 3.63) is 77.6 Å². The predicted molar refractivity (Wildman–Crippen MR) is 220 cm³/mol. The summed E-state index contributed by atoms with van der Waals surface area (Å²) in [4.78, 5) is 81.6. The number of aliphatic hydroxyl groups is 1. The maximum Gasteiger partial charge on any atom is 0.407 e. The van der Waals surface area contributed by atoms with Gasteiger partial charge in [0, 0.05) is 37.4 Å². The monoisotopic (exact) mass is 829 g/mol. The van der Waals surface area contributed by atoms with Gasteiger partial charge in [-0.2, -0.15) is 0 Å². The molecule has 1 aromatic heterocycles. The number of unbranched alkanes of at least 4 members (excludes halogenated alkanes) is 1. The first-order valence-corrected chi connectivity index (χ1v) is 20.9. The van der Waals surface area contributed by atoms with Gasteiger partial charge in [0.15, 0.2) is 5.78 Å². The Bertz CT molecular complexity index is 1920. The minimum atomic E-state index is -1.34. The number of rotatable bonds is 21. The van der Waals surface area contributed by atoms with Gasteiger partial charge in [0.25, 0.3) is 5.91 Å². The number of nitrogens with one attached hydrogen (secondary N) is 2. The number of alkyl carbamates (subject to hydrolysis) is 1. The zero-order valence-electron chi connectivity index (χ0n) is 34.8. The molecule has 5 N–H and O–H groups in total. The van der Waals surface area contributed by atoms with Gasteiger partial charge in [-0.3, -0.25) is 24.0 Å². The van der Waals surface area contributed by atoms with Crippen LogP contribution in [0.3, 0.4) is 0 Å². The van der Waals surface area contributed by atoms with Gasteiger partial charge in [-0.15, -0.1) is 5.10 Å². The van der Waals surface area contributed by atoms with Gasteiger partial charge >= 0.3 is 6.09 Å². The Kier molecular flexibility index (Phi) is 16.3. The first-order chi connectivity index (χ1) is 28.7. The molecular formula is C44H59N7O9. The third kappa shape index (κ3) is 12.7. The topological polar surface area (TPSA) is 225 Å². The summed E-state index contributed by atoms with van der Waals surface area (Å²) in [5, 5.41) is 24.6. The Morgan fingerprint density at radius 2 is 1.68 bits per heavy atom. The highest BCUT2D eigenvalue weighted by atomic mass is 16.5. The van der Waals surface area contributed by atoms with E-state index in [0.29, 0.717) is 36.3 Å². The van der Waals surface area contributed by atoms with E-state index in [4.69, 9.17) is 15.2 Å². The number of amides is 4. The lowest BCUT2D eigenvalue weighted by atomic mass is 9.80. The zero-order valence-corrected chi connectivity index (χ0v) is 34.8. The molecule has 60 heavy (non-hydrogen) atoms. The fourth-order valence-corrected chi connectivity index (χ4v) is 8.21. The Labute approximate surface area is 350 Å². The van der Waals surface area contributed by atoms with Crippen LogP contribution in [-0.4, -0.2) is 92.7 Å². The number of hydrogen-bond donors (Lipinski definition) is 4.